The number of rotatable bonds is 7. The number of hydrogen-bond donors (Lipinski definition) is 1. The Morgan fingerprint density at radius 1 is 0.500 bits per heavy atom. The Bertz CT molecular complexity index is 2520. The molecule has 1 aliphatic rings. The van der Waals surface area contributed by atoms with Crippen molar-refractivity contribution in [1.29, 1.82) is 0 Å². The van der Waals surface area contributed by atoms with Gasteiger partial charge in [-0.1, -0.05) is 149 Å². The Morgan fingerprint density at radius 2 is 1.06 bits per heavy atom. The van der Waals surface area contributed by atoms with Crippen molar-refractivity contribution < 1.29 is 4.42 Å². The van der Waals surface area contributed by atoms with Crippen molar-refractivity contribution in [2.24, 2.45) is 0 Å². The number of furan rings is 1. The Kier molecular flexibility index (Phi) is 7.92. The molecule has 0 fully saturated rings. The molecule has 8 aromatic rings. The summed E-state index contributed by atoms with van der Waals surface area (Å²) in [5.74, 6) is 0.589. The Morgan fingerprint density at radius 3 is 1.71 bits per heavy atom. The maximum absolute atomic E-state index is 6.85. The van der Waals surface area contributed by atoms with Gasteiger partial charge < -0.3 is 14.6 Å². The summed E-state index contributed by atoms with van der Waals surface area (Å²) in [6.07, 6.45) is -0.165. The predicted octanol–water partition coefficient (Wildman–Crippen LogP) is 14.1. The van der Waals surface area contributed by atoms with E-state index >= 15 is 0 Å². The van der Waals surface area contributed by atoms with Crippen molar-refractivity contribution in [3.05, 3.63) is 174 Å². The summed E-state index contributed by atoms with van der Waals surface area (Å²) < 4.78 is 6.85. The zero-order valence-electron chi connectivity index (χ0n) is 30.1. The van der Waals surface area contributed by atoms with Crippen molar-refractivity contribution in [2.45, 2.75) is 45.7 Å². The van der Waals surface area contributed by atoms with E-state index in [1.54, 1.807) is 0 Å². The summed E-state index contributed by atoms with van der Waals surface area (Å²) in [5.41, 5.74) is 16.5. The summed E-state index contributed by atoms with van der Waals surface area (Å²) in [7, 11) is 0. The molecule has 0 spiro atoms. The highest BCUT2D eigenvalue weighted by Gasteiger charge is 2.36. The van der Waals surface area contributed by atoms with E-state index in [2.05, 4.69) is 196 Å². The summed E-state index contributed by atoms with van der Waals surface area (Å²) in [5, 5.41) is 6.20. The lowest BCUT2D eigenvalue weighted by Crippen LogP contribution is -2.26. The molecule has 1 aromatic heterocycles. The van der Waals surface area contributed by atoms with Crippen LogP contribution in [0.3, 0.4) is 0 Å². The first kappa shape index (κ1) is 31.9. The van der Waals surface area contributed by atoms with Gasteiger partial charge >= 0.3 is 0 Å². The molecule has 3 nitrogen and oxygen atoms in total. The number of hydrogen-bond acceptors (Lipinski definition) is 3. The lowest BCUT2D eigenvalue weighted by atomic mass is 9.87. The second kappa shape index (κ2) is 12.9. The number of nitrogens with zero attached hydrogens (tertiary/aromatic N) is 1. The van der Waals surface area contributed by atoms with E-state index in [0.717, 1.165) is 38.8 Å². The highest BCUT2D eigenvalue weighted by atomic mass is 16.3. The molecule has 1 N–H and O–H groups in total. The van der Waals surface area contributed by atoms with Crippen molar-refractivity contribution in [2.75, 3.05) is 10.2 Å². The van der Waals surface area contributed by atoms with Gasteiger partial charge in [-0.05, 0) is 92.7 Å². The first-order valence-corrected chi connectivity index (χ1v) is 18.4. The molecule has 2 heterocycles. The van der Waals surface area contributed by atoms with Crippen LogP contribution >= 0.6 is 0 Å². The summed E-state index contributed by atoms with van der Waals surface area (Å²) >= 11 is 0. The maximum Gasteiger partial charge on any atom is 0.142 e. The molecule has 1 atom stereocenters. The quantitative estimate of drug-likeness (QED) is 0.182. The second-order valence-corrected chi connectivity index (χ2v) is 14.6. The van der Waals surface area contributed by atoms with E-state index < -0.39 is 0 Å². The van der Waals surface area contributed by atoms with E-state index in [1.165, 1.54) is 50.3 Å². The maximum atomic E-state index is 6.85. The van der Waals surface area contributed by atoms with Crippen LogP contribution in [0.1, 0.15) is 62.4 Å². The molecule has 0 aliphatic carbocycles. The average molecular weight is 675 g/mol. The van der Waals surface area contributed by atoms with Crippen LogP contribution in [0.5, 0.6) is 0 Å². The molecule has 1 unspecified atom stereocenters. The van der Waals surface area contributed by atoms with E-state index in [-0.39, 0.29) is 6.17 Å². The van der Waals surface area contributed by atoms with Crippen LogP contribution in [0, 0.1) is 0 Å². The van der Waals surface area contributed by atoms with Gasteiger partial charge in [0, 0.05) is 16.3 Å². The molecule has 0 radical (unpaired) electrons. The van der Waals surface area contributed by atoms with Crippen LogP contribution in [-0.4, -0.2) is 0 Å². The largest absolute Gasteiger partial charge is 0.456 e. The van der Waals surface area contributed by atoms with Crippen molar-refractivity contribution >= 4 is 39.0 Å². The Balaban J connectivity index is 1.20. The minimum Gasteiger partial charge on any atom is -0.456 e. The summed E-state index contributed by atoms with van der Waals surface area (Å²) in [4.78, 5) is 2.54. The summed E-state index contributed by atoms with van der Waals surface area (Å²) in [6.45, 7) is 9.28. The summed E-state index contributed by atoms with van der Waals surface area (Å²) in [6, 6.07) is 56.9. The molecular weight excluding hydrogens is 633 g/mol. The van der Waals surface area contributed by atoms with Gasteiger partial charge in [-0.3, -0.25) is 0 Å². The van der Waals surface area contributed by atoms with Gasteiger partial charge in [-0.25, -0.2) is 0 Å². The van der Waals surface area contributed by atoms with Crippen LogP contribution in [0.25, 0.3) is 55.3 Å². The van der Waals surface area contributed by atoms with Gasteiger partial charge in [0.1, 0.15) is 17.3 Å². The number of nitrogens with one attached hydrogen (secondary N) is 1. The van der Waals surface area contributed by atoms with Crippen LogP contribution < -0.4 is 10.2 Å². The molecule has 52 heavy (non-hydrogen) atoms. The number of fused-ring (bicyclic) bond motifs is 4. The minimum absolute atomic E-state index is 0.165. The fourth-order valence-electron chi connectivity index (χ4n) is 7.96. The average Bonchev–Trinajstić information content (AvgIpc) is 3.76. The fourth-order valence-corrected chi connectivity index (χ4v) is 7.96. The third-order valence-corrected chi connectivity index (χ3v) is 10.6. The van der Waals surface area contributed by atoms with E-state index in [9.17, 15) is 0 Å². The second-order valence-electron chi connectivity index (χ2n) is 14.6. The molecule has 3 heteroatoms. The SMILES string of the molecule is CC(C)c1cc(-c2ccc(-c3ccccc3)cc2)cc(C(C)C)c1N1c2ccccc2NC1c1cccc2c1oc1cc(-c3ccccc3)ccc12. The van der Waals surface area contributed by atoms with Gasteiger partial charge in [-0.2, -0.15) is 0 Å². The standard InChI is InChI=1S/C49H42N2O/c1-31(2)42-28-38(36-24-22-35(23-25-36)33-14-7-5-8-15-33)29-43(32(3)4)47(42)51-45-21-12-11-20-44(45)50-49(51)41-19-13-18-40-39-27-26-37(30-46(39)52-48(40)41)34-16-9-6-10-17-34/h5-32,49-50H,1-4H3. The zero-order chi connectivity index (χ0) is 35.3. The Labute approximate surface area is 306 Å². The number of para-hydroxylation sites is 3. The molecule has 1 aliphatic heterocycles. The molecule has 0 amide bonds. The van der Waals surface area contributed by atoms with E-state index in [1.807, 2.05) is 0 Å². The third-order valence-electron chi connectivity index (χ3n) is 10.6. The molecule has 0 saturated heterocycles. The zero-order valence-corrected chi connectivity index (χ0v) is 30.1. The van der Waals surface area contributed by atoms with Crippen molar-refractivity contribution in [3.63, 3.8) is 0 Å². The lowest BCUT2D eigenvalue weighted by molar-refractivity contribution is 0.655. The van der Waals surface area contributed by atoms with Crippen LogP contribution in [0.2, 0.25) is 0 Å². The molecule has 0 saturated carbocycles. The lowest BCUT2D eigenvalue weighted by Gasteiger charge is -2.34. The van der Waals surface area contributed by atoms with Gasteiger partial charge in [0.05, 0.1) is 17.1 Å². The first-order valence-electron chi connectivity index (χ1n) is 18.4. The number of anilines is 3. The van der Waals surface area contributed by atoms with Gasteiger partial charge in [0.2, 0.25) is 0 Å². The van der Waals surface area contributed by atoms with E-state index in [4.69, 9.17) is 4.42 Å². The van der Waals surface area contributed by atoms with Crippen molar-refractivity contribution in [3.8, 4) is 33.4 Å². The molecule has 0 bridgehead atoms. The minimum atomic E-state index is -0.165. The van der Waals surface area contributed by atoms with E-state index in [0.29, 0.717) is 11.8 Å². The number of benzene rings is 7. The van der Waals surface area contributed by atoms with Crippen LogP contribution in [0.15, 0.2) is 162 Å². The monoisotopic (exact) mass is 674 g/mol. The van der Waals surface area contributed by atoms with Gasteiger partial charge in [0.25, 0.3) is 0 Å². The Hall–Kier alpha value is -6.06. The molecule has 254 valence electrons. The van der Waals surface area contributed by atoms with Crippen LogP contribution in [0.4, 0.5) is 17.1 Å². The van der Waals surface area contributed by atoms with Gasteiger partial charge in [-0.15, -0.1) is 0 Å². The highest BCUT2D eigenvalue weighted by Crippen LogP contribution is 2.52. The van der Waals surface area contributed by atoms with Gasteiger partial charge in [0.15, 0.2) is 0 Å². The van der Waals surface area contributed by atoms with Crippen molar-refractivity contribution in [1.82, 2.24) is 0 Å². The molecule has 9 rings (SSSR count). The molecule has 7 aromatic carbocycles. The normalized spacial score (nSPS) is 14.0. The fraction of sp³-hybridized carbons (Fsp3) is 0.143. The smallest absolute Gasteiger partial charge is 0.142 e. The predicted molar refractivity (Wildman–Crippen MR) is 220 cm³/mol. The highest BCUT2D eigenvalue weighted by molar-refractivity contribution is 6.07. The topological polar surface area (TPSA) is 28.4 Å². The first-order chi connectivity index (χ1) is 25.4. The third kappa shape index (κ3) is 5.45. The molecular formula is C49H42N2O. The van der Waals surface area contributed by atoms with Crippen LogP contribution in [-0.2, 0) is 0 Å².